The fourth-order valence-electron chi connectivity index (χ4n) is 1.78. The van der Waals surface area contributed by atoms with E-state index in [2.05, 4.69) is 5.32 Å². The van der Waals surface area contributed by atoms with Crippen LogP contribution in [0.5, 0.6) is 0 Å². The number of aromatic carboxylic acids is 1. The highest BCUT2D eigenvalue weighted by Gasteiger charge is 2.21. The van der Waals surface area contributed by atoms with Gasteiger partial charge in [-0.3, -0.25) is 4.79 Å². The first-order chi connectivity index (χ1) is 8.18. The van der Waals surface area contributed by atoms with Crippen LogP contribution < -0.4 is 5.32 Å². The van der Waals surface area contributed by atoms with Crippen molar-refractivity contribution < 1.29 is 19.4 Å². The molecule has 1 fully saturated rings. The highest BCUT2D eigenvalue weighted by atomic mass is 16.5. The largest absolute Gasteiger partial charge is 0.478 e. The Morgan fingerprint density at radius 1 is 1.29 bits per heavy atom. The second-order valence-electron chi connectivity index (χ2n) is 3.88. The van der Waals surface area contributed by atoms with Crippen LogP contribution in [-0.2, 0) is 4.74 Å². The highest BCUT2D eigenvalue weighted by Crippen LogP contribution is 2.10. The van der Waals surface area contributed by atoms with Crippen molar-refractivity contribution in [2.75, 3.05) is 13.2 Å². The van der Waals surface area contributed by atoms with E-state index in [1.807, 2.05) is 0 Å². The molecule has 2 rings (SSSR count). The van der Waals surface area contributed by atoms with Crippen molar-refractivity contribution >= 4 is 11.9 Å². The molecule has 90 valence electrons. The molecule has 0 saturated carbocycles. The summed E-state index contributed by atoms with van der Waals surface area (Å²) in [7, 11) is 0. The predicted octanol–water partition coefficient (Wildman–Crippen LogP) is 0.903. The van der Waals surface area contributed by atoms with Gasteiger partial charge in [-0.05, 0) is 18.6 Å². The smallest absolute Gasteiger partial charge is 0.336 e. The third-order valence-electron chi connectivity index (χ3n) is 2.67. The van der Waals surface area contributed by atoms with Crippen molar-refractivity contribution in [2.24, 2.45) is 0 Å². The Labute approximate surface area is 98.4 Å². The maximum atomic E-state index is 11.9. The van der Waals surface area contributed by atoms with Gasteiger partial charge in [0.15, 0.2) is 0 Å². The molecule has 0 radical (unpaired) electrons. The quantitative estimate of drug-likeness (QED) is 0.816. The third-order valence-corrected chi connectivity index (χ3v) is 2.67. The lowest BCUT2D eigenvalue weighted by molar-refractivity contribution is 0.0690. The van der Waals surface area contributed by atoms with Gasteiger partial charge in [-0.2, -0.15) is 0 Å². The van der Waals surface area contributed by atoms with Gasteiger partial charge < -0.3 is 15.2 Å². The number of ether oxygens (including phenoxy) is 1. The molecule has 1 heterocycles. The summed E-state index contributed by atoms with van der Waals surface area (Å²) in [5.41, 5.74) is 0.204. The highest BCUT2D eigenvalue weighted by molar-refractivity contribution is 6.04. The van der Waals surface area contributed by atoms with Crippen molar-refractivity contribution in [3.8, 4) is 0 Å². The zero-order valence-corrected chi connectivity index (χ0v) is 9.18. The molecular weight excluding hydrogens is 222 g/mol. The van der Waals surface area contributed by atoms with Gasteiger partial charge in [-0.15, -0.1) is 0 Å². The molecule has 1 amide bonds. The van der Waals surface area contributed by atoms with Crippen LogP contribution in [0.3, 0.4) is 0 Å². The van der Waals surface area contributed by atoms with Crippen LogP contribution in [0.15, 0.2) is 24.3 Å². The SMILES string of the molecule is O=C(O)c1ccccc1C(=O)NC1CCOC1. The number of carboxylic acid groups (broad SMARTS) is 1. The standard InChI is InChI=1S/C12H13NO4/c14-11(13-8-5-6-17-7-8)9-3-1-2-4-10(9)12(15)16/h1-4,8H,5-7H2,(H,13,14)(H,15,16). The fourth-order valence-corrected chi connectivity index (χ4v) is 1.78. The second kappa shape index (κ2) is 4.97. The number of benzene rings is 1. The van der Waals surface area contributed by atoms with Gasteiger partial charge in [0.25, 0.3) is 5.91 Å². The summed E-state index contributed by atoms with van der Waals surface area (Å²) in [6.45, 7) is 1.12. The van der Waals surface area contributed by atoms with E-state index in [-0.39, 0.29) is 23.1 Å². The molecule has 0 aliphatic carbocycles. The van der Waals surface area contributed by atoms with Crippen LogP contribution in [0.4, 0.5) is 0 Å². The van der Waals surface area contributed by atoms with Crippen molar-refractivity contribution in [1.82, 2.24) is 5.32 Å². The van der Waals surface area contributed by atoms with Crippen LogP contribution in [0.25, 0.3) is 0 Å². The molecule has 1 aliphatic heterocycles. The zero-order chi connectivity index (χ0) is 12.3. The van der Waals surface area contributed by atoms with E-state index >= 15 is 0 Å². The normalized spacial score (nSPS) is 18.9. The minimum atomic E-state index is -1.10. The summed E-state index contributed by atoms with van der Waals surface area (Å²) in [4.78, 5) is 22.9. The van der Waals surface area contributed by atoms with Gasteiger partial charge in [0, 0.05) is 6.61 Å². The fraction of sp³-hybridized carbons (Fsp3) is 0.333. The molecule has 2 N–H and O–H groups in total. The summed E-state index contributed by atoms with van der Waals surface area (Å²) in [5.74, 6) is -1.46. The maximum absolute atomic E-state index is 11.9. The van der Waals surface area contributed by atoms with Crippen LogP contribution in [-0.4, -0.2) is 36.2 Å². The van der Waals surface area contributed by atoms with E-state index in [1.54, 1.807) is 12.1 Å². The molecule has 1 unspecified atom stereocenters. The molecule has 1 aromatic carbocycles. The topological polar surface area (TPSA) is 75.6 Å². The van der Waals surface area contributed by atoms with Gasteiger partial charge >= 0.3 is 5.97 Å². The van der Waals surface area contributed by atoms with Crippen molar-refractivity contribution in [1.29, 1.82) is 0 Å². The van der Waals surface area contributed by atoms with E-state index in [0.717, 1.165) is 6.42 Å². The minimum Gasteiger partial charge on any atom is -0.478 e. The average Bonchev–Trinajstić information content (AvgIpc) is 2.81. The number of carbonyl (C=O) groups is 2. The molecular formula is C12H13NO4. The van der Waals surface area contributed by atoms with E-state index in [9.17, 15) is 9.59 Å². The summed E-state index contributed by atoms with van der Waals surface area (Å²) >= 11 is 0. The number of hydrogen-bond acceptors (Lipinski definition) is 3. The van der Waals surface area contributed by atoms with Gasteiger partial charge in [0.05, 0.1) is 23.8 Å². The number of nitrogens with one attached hydrogen (secondary N) is 1. The predicted molar refractivity (Wildman–Crippen MR) is 60.1 cm³/mol. The lowest BCUT2D eigenvalue weighted by Gasteiger charge is -2.11. The first kappa shape index (κ1) is 11.6. The molecule has 0 spiro atoms. The molecule has 1 saturated heterocycles. The monoisotopic (exact) mass is 235 g/mol. The van der Waals surface area contributed by atoms with Gasteiger partial charge in [-0.25, -0.2) is 4.79 Å². The summed E-state index contributed by atoms with van der Waals surface area (Å²) in [6, 6.07) is 6.15. The molecule has 17 heavy (non-hydrogen) atoms. The molecule has 0 bridgehead atoms. The summed E-state index contributed by atoms with van der Waals surface area (Å²) in [5, 5.41) is 11.7. The van der Waals surface area contributed by atoms with Crippen LogP contribution in [0.2, 0.25) is 0 Å². The van der Waals surface area contributed by atoms with Crippen LogP contribution in [0.1, 0.15) is 27.1 Å². The average molecular weight is 235 g/mol. The molecule has 0 aromatic heterocycles. The molecule has 5 nitrogen and oxygen atoms in total. The number of amides is 1. The number of carbonyl (C=O) groups excluding carboxylic acids is 1. The summed E-state index contributed by atoms with van der Waals surface area (Å²) in [6.07, 6.45) is 0.765. The lowest BCUT2D eigenvalue weighted by Crippen LogP contribution is -2.35. The van der Waals surface area contributed by atoms with Crippen molar-refractivity contribution in [3.63, 3.8) is 0 Å². The van der Waals surface area contributed by atoms with Crippen LogP contribution in [0, 0.1) is 0 Å². The van der Waals surface area contributed by atoms with Gasteiger partial charge in [0.1, 0.15) is 0 Å². The summed E-state index contributed by atoms with van der Waals surface area (Å²) < 4.78 is 5.14. The Bertz CT molecular complexity index is 438. The molecule has 1 aliphatic rings. The first-order valence-corrected chi connectivity index (χ1v) is 5.39. The Kier molecular flexibility index (Phi) is 3.39. The van der Waals surface area contributed by atoms with Gasteiger partial charge in [0.2, 0.25) is 0 Å². The van der Waals surface area contributed by atoms with Crippen LogP contribution >= 0.6 is 0 Å². The molecule has 1 atom stereocenters. The number of carboxylic acids is 1. The minimum absolute atomic E-state index is 0.0175. The lowest BCUT2D eigenvalue weighted by atomic mass is 10.1. The number of rotatable bonds is 3. The van der Waals surface area contributed by atoms with E-state index in [1.165, 1.54) is 12.1 Å². The van der Waals surface area contributed by atoms with Crippen molar-refractivity contribution in [3.05, 3.63) is 35.4 Å². The first-order valence-electron chi connectivity index (χ1n) is 5.39. The molecule has 1 aromatic rings. The van der Waals surface area contributed by atoms with Gasteiger partial charge in [-0.1, -0.05) is 12.1 Å². The molecule has 5 heteroatoms. The Morgan fingerprint density at radius 3 is 2.59 bits per heavy atom. The van der Waals surface area contributed by atoms with E-state index in [4.69, 9.17) is 9.84 Å². The Morgan fingerprint density at radius 2 is 2.00 bits per heavy atom. The third kappa shape index (κ3) is 2.62. The zero-order valence-electron chi connectivity index (χ0n) is 9.18. The van der Waals surface area contributed by atoms with E-state index < -0.39 is 5.97 Å². The second-order valence-corrected chi connectivity index (χ2v) is 3.88. The Balaban J connectivity index is 2.15. The van der Waals surface area contributed by atoms with Crippen molar-refractivity contribution in [2.45, 2.75) is 12.5 Å². The maximum Gasteiger partial charge on any atom is 0.336 e. The number of hydrogen-bond donors (Lipinski definition) is 2. The van der Waals surface area contributed by atoms with E-state index in [0.29, 0.717) is 13.2 Å². The Hall–Kier alpha value is -1.88.